The fourth-order valence-corrected chi connectivity index (χ4v) is 5.15. The van der Waals surface area contributed by atoms with Crippen LogP contribution in [0, 0.1) is 5.92 Å². The van der Waals surface area contributed by atoms with Gasteiger partial charge in [-0.2, -0.15) is 0 Å². The topological polar surface area (TPSA) is 115 Å². The third-order valence-corrected chi connectivity index (χ3v) is 7.28. The lowest BCUT2D eigenvalue weighted by molar-refractivity contribution is -0.146. The van der Waals surface area contributed by atoms with E-state index in [1.807, 2.05) is 12.1 Å². The summed E-state index contributed by atoms with van der Waals surface area (Å²) in [7, 11) is 3.30. The number of carboxylic acids is 1. The number of ketones is 1. The highest BCUT2D eigenvalue weighted by molar-refractivity contribution is 6.35. The number of halogens is 1. The van der Waals surface area contributed by atoms with Gasteiger partial charge in [-0.1, -0.05) is 23.7 Å². The van der Waals surface area contributed by atoms with Crippen molar-refractivity contribution in [1.82, 2.24) is 14.3 Å². The van der Waals surface area contributed by atoms with Gasteiger partial charge in [-0.25, -0.2) is 4.98 Å². The lowest BCUT2D eigenvalue weighted by Gasteiger charge is -2.34. The molecule has 1 aromatic carbocycles. The number of aliphatic carboxylic acids is 1. The second-order valence-electron chi connectivity index (χ2n) is 9.69. The largest absolute Gasteiger partial charge is 0.481 e. The molecule has 0 unspecified atom stereocenters. The van der Waals surface area contributed by atoms with E-state index in [2.05, 4.69) is 0 Å². The molecule has 2 aliphatic rings. The number of aromatic nitrogens is 2. The number of hydrogen-bond donors (Lipinski definition) is 2. The quantitative estimate of drug-likeness (QED) is 0.490. The summed E-state index contributed by atoms with van der Waals surface area (Å²) in [6.45, 7) is 0.418. The molecule has 1 saturated heterocycles. The van der Waals surface area contributed by atoms with Crippen molar-refractivity contribution in [3.8, 4) is 0 Å². The third kappa shape index (κ3) is 4.22. The number of hydrogen-bond acceptors (Lipinski definition) is 6. The molecule has 36 heavy (non-hydrogen) atoms. The zero-order chi connectivity index (χ0) is 25.7. The van der Waals surface area contributed by atoms with Crippen LogP contribution in [0.4, 0.5) is 5.82 Å². The van der Waals surface area contributed by atoms with E-state index in [4.69, 9.17) is 16.6 Å². The van der Waals surface area contributed by atoms with Crippen LogP contribution in [0.25, 0.3) is 5.52 Å². The number of imidazole rings is 1. The number of benzene rings is 1. The van der Waals surface area contributed by atoms with Crippen LogP contribution in [0.3, 0.4) is 0 Å². The van der Waals surface area contributed by atoms with Crippen molar-refractivity contribution >= 4 is 40.6 Å². The SMILES string of the molecule is CN(C)C(=O)c1ccc2c(N3CC[C@@H](C(=O)O)[C@@H](O)C3)nc(C(=O)c3c(Cl)cccc3C3CC3)n2c1. The van der Waals surface area contributed by atoms with Crippen LogP contribution in [0.15, 0.2) is 36.5 Å². The minimum Gasteiger partial charge on any atom is -0.481 e. The molecule has 3 aromatic rings. The second kappa shape index (κ2) is 9.22. The molecule has 1 amide bonds. The van der Waals surface area contributed by atoms with E-state index < -0.39 is 18.0 Å². The van der Waals surface area contributed by atoms with Gasteiger partial charge in [0.05, 0.1) is 28.1 Å². The Morgan fingerprint density at radius 3 is 2.50 bits per heavy atom. The number of anilines is 1. The Hall–Kier alpha value is -3.43. The number of carbonyl (C=O) groups excluding carboxylic acids is 2. The molecule has 188 valence electrons. The Bertz CT molecular complexity index is 1380. The highest BCUT2D eigenvalue weighted by Gasteiger charge is 2.36. The molecule has 2 fully saturated rings. The van der Waals surface area contributed by atoms with Gasteiger partial charge < -0.3 is 20.0 Å². The minimum absolute atomic E-state index is 0.0646. The molecule has 3 heterocycles. The summed E-state index contributed by atoms with van der Waals surface area (Å²) >= 11 is 6.52. The van der Waals surface area contributed by atoms with Crippen molar-refractivity contribution in [3.63, 3.8) is 0 Å². The summed E-state index contributed by atoms with van der Waals surface area (Å²) in [5.74, 6) is -1.62. The number of carbonyl (C=O) groups is 3. The zero-order valence-electron chi connectivity index (χ0n) is 20.0. The van der Waals surface area contributed by atoms with Gasteiger partial charge in [0, 0.05) is 38.9 Å². The van der Waals surface area contributed by atoms with Gasteiger partial charge in [-0.15, -0.1) is 0 Å². The first-order chi connectivity index (χ1) is 17.2. The van der Waals surface area contributed by atoms with Crippen LogP contribution in [-0.2, 0) is 4.79 Å². The summed E-state index contributed by atoms with van der Waals surface area (Å²) in [5, 5.41) is 20.2. The fourth-order valence-electron chi connectivity index (χ4n) is 4.89. The smallest absolute Gasteiger partial charge is 0.309 e. The Morgan fingerprint density at radius 2 is 1.86 bits per heavy atom. The van der Waals surface area contributed by atoms with Crippen LogP contribution < -0.4 is 4.90 Å². The first-order valence-electron chi connectivity index (χ1n) is 11.9. The number of fused-ring (bicyclic) bond motifs is 1. The molecule has 5 rings (SSSR count). The number of β-amino-alcohol motifs (C(OH)–C–C–N with tert-alkyl or cyclic N) is 1. The standard InChI is InChI=1S/C26H27ClN4O5/c1-29(2)25(34)15-8-9-19-23(30-11-10-17(26(35)36)20(32)13-30)28-24(31(19)12-15)22(33)21-16(14-6-7-14)4-3-5-18(21)27/h3-5,8-9,12,14,17,20,32H,6-7,10-11,13H2,1-2H3,(H,35,36)/t17-,20+/m1/s1. The van der Waals surface area contributed by atoms with Crippen LogP contribution in [-0.4, -0.2) is 75.4 Å². The Kier molecular flexibility index (Phi) is 6.22. The molecule has 9 nitrogen and oxygen atoms in total. The van der Waals surface area contributed by atoms with Crippen LogP contribution in [0.1, 0.15) is 57.3 Å². The van der Waals surface area contributed by atoms with Crippen molar-refractivity contribution in [2.24, 2.45) is 5.92 Å². The normalized spacial score (nSPS) is 19.9. The minimum atomic E-state index is -1.08. The van der Waals surface area contributed by atoms with Gasteiger partial charge in [-0.3, -0.25) is 18.8 Å². The number of pyridine rings is 1. The molecule has 1 aliphatic heterocycles. The van der Waals surface area contributed by atoms with Gasteiger partial charge in [0.1, 0.15) is 0 Å². The van der Waals surface area contributed by atoms with E-state index in [1.165, 1.54) is 4.90 Å². The molecule has 0 radical (unpaired) electrons. The number of aliphatic hydroxyl groups is 1. The van der Waals surface area contributed by atoms with Crippen molar-refractivity contribution in [2.45, 2.75) is 31.3 Å². The predicted octanol–water partition coefficient (Wildman–Crippen LogP) is 3.07. The fraction of sp³-hybridized carbons (Fsp3) is 0.385. The van der Waals surface area contributed by atoms with Crippen molar-refractivity contribution in [1.29, 1.82) is 0 Å². The molecule has 2 N–H and O–H groups in total. The van der Waals surface area contributed by atoms with Crippen LogP contribution in [0.2, 0.25) is 5.02 Å². The average molecular weight is 511 g/mol. The van der Waals surface area contributed by atoms with Gasteiger partial charge in [0.15, 0.2) is 11.6 Å². The van der Waals surface area contributed by atoms with Crippen molar-refractivity contribution in [2.75, 3.05) is 32.1 Å². The zero-order valence-corrected chi connectivity index (χ0v) is 20.8. The molecule has 2 atom stereocenters. The maximum atomic E-state index is 13.9. The monoisotopic (exact) mass is 510 g/mol. The number of amides is 1. The third-order valence-electron chi connectivity index (χ3n) is 6.96. The molecular weight excluding hydrogens is 484 g/mol. The van der Waals surface area contributed by atoms with Crippen LogP contribution in [0.5, 0.6) is 0 Å². The summed E-state index contributed by atoms with van der Waals surface area (Å²) in [5.41, 5.74) is 2.27. The van der Waals surface area contributed by atoms with Crippen LogP contribution >= 0.6 is 11.6 Å². The molecular formula is C26H27ClN4O5. The lowest BCUT2D eigenvalue weighted by Crippen LogP contribution is -2.46. The van der Waals surface area contributed by atoms with E-state index in [0.29, 0.717) is 34.0 Å². The van der Waals surface area contributed by atoms with Crippen molar-refractivity contribution < 1.29 is 24.6 Å². The maximum absolute atomic E-state index is 13.9. The van der Waals surface area contributed by atoms with Gasteiger partial charge in [0.2, 0.25) is 5.78 Å². The second-order valence-corrected chi connectivity index (χ2v) is 10.1. The summed E-state index contributed by atoms with van der Waals surface area (Å²) in [4.78, 5) is 46.0. The molecule has 0 spiro atoms. The average Bonchev–Trinajstić information content (AvgIpc) is 3.62. The van der Waals surface area contributed by atoms with E-state index in [0.717, 1.165) is 18.4 Å². The molecule has 1 aliphatic carbocycles. The van der Waals surface area contributed by atoms with E-state index in [1.54, 1.807) is 47.8 Å². The first-order valence-corrected chi connectivity index (χ1v) is 12.3. The highest BCUT2D eigenvalue weighted by atomic mass is 35.5. The summed E-state index contributed by atoms with van der Waals surface area (Å²) < 4.78 is 1.60. The Morgan fingerprint density at radius 1 is 1.11 bits per heavy atom. The molecule has 10 heteroatoms. The van der Waals surface area contributed by atoms with Crippen molar-refractivity contribution in [3.05, 3.63) is 64.1 Å². The number of aliphatic hydroxyl groups excluding tert-OH is 1. The summed E-state index contributed by atoms with van der Waals surface area (Å²) in [6, 6.07) is 8.83. The molecule has 1 saturated carbocycles. The van der Waals surface area contributed by atoms with Gasteiger partial charge in [-0.05, 0) is 48.9 Å². The van der Waals surface area contributed by atoms with Gasteiger partial charge in [0.25, 0.3) is 5.91 Å². The maximum Gasteiger partial charge on any atom is 0.309 e. The highest BCUT2D eigenvalue weighted by Crippen LogP contribution is 2.43. The Balaban J connectivity index is 1.64. The number of piperidine rings is 1. The van der Waals surface area contributed by atoms with Gasteiger partial charge >= 0.3 is 5.97 Å². The van der Waals surface area contributed by atoms with E-state index in [9.17, 15) is 24.6 Å². The Labute approximate surface area is 212 Å². The lowest BCUT2D eigenvalue weighted by atomic mass is 9.94. The number of nitrogens with zero attached hydrogens (tertiary/aromatic N) is 4. The number of carboxylic acid groups (broad SMARTS) is 1. The summed E-state index contributed by atoms with van der Waals surface area (Å²) in [6.07, 6.45) is 2.74. The van der Waals surface area contributed by atoms with E-state index in [-0.39, 0.29) is 36.4 Å². The van der Waals surface area contributed by atoms with E-state index >= 15 is 0 Å². The molecule has 0 bridgehead atoms. The predicted molar refractivity (Wildman–Crippen MR) is 134 cm³/mol. The first kappa shape index (κ1) is 24.3. The number of rotatable bonds is 6. The molecule has 2 aromatic heterocycles.